The van der Waals surface area contributed by atoms with Gasteiger partial charge in [0.05, 0.1) is 46.4 Å². The maximum Gasteiger partial charge on any atom is 0.320 e. The molecule has 4 N–H and O–H groups in total. The lowest BCUT2D eigenvalue weighted by Crippen LogP contribution is -2.46. The lowest BCUT2D eigenvalue weighted by molar-refractivity contribution is -0.146. The van der Waals surface area contributed by atoms with E-state index in [0.717, 1.165) is 5.56 Å². The van der Waals surface area contributed by atoms with Gasteiger partial charge in [0.15, 0.2) is 0 Å². The van der Waals surface area contributed by atoms with Gasteiger partial charge in [0.1, 0.15) is 5.75 Å². The minimum atomic E-state index is -1.16. The third kappa shape index (κ3) is 14.7. The predicted octanol–water partition coefficient (Wildman–Crippen LogP) is -0.966. The molecule has 14 heteroatoms. The van der Waals surface area contributed by atoms with E-state index in [1.165, 1.54) is 14.7 Å². The number of nitrogens with zero attached hydrogens (tertiary/aromatic N) is 3. The second-order valence-corrected chi connectivity index (χ2v) is 8.31. The van der Waals surface area contributed by atoms with Crippen LogP contribution in [0.25, 0.3) is 0 Å². The molecule has 0 fully saturated rings. The Morgan fingerprint density at radius 1 is 0.737 bits per heavy atom. The Hall–Kier alpha value is -3.75. The molecule has 0 heterocycles. The van der Waals surface area contributed by atoms with E-state index in [-0.39, 0.29) is 52.4 Å². The van der Waals surface area contributed by atoms with E-state index in [1.54, 1.807) is 38.3 Å². The summed E-state index contributed by atoms with van der Waals surface area (Å²) in [4.78, 5) is 62.2. The Kier molecular flexibility index (Phi) is 15.0. The molecule has 1 aromatic rings. The van der Waals surface area contributed by atoms with Gasteiger partial charge in [0.2, 0.25) is 5.91 Å². The van der Waals surface area contributed by atoms with Crippen LogP contribution in [-0.2, 0) is 35.3 Å². The van der Waals surface area contributed by atoms with Crippen molar-refractivity contribution in [2.75, 3.05) is 72.6 Å². The molecular formula is C24H36N4O10. The zero-order valence-electron chi connectivity index (χ0n) is 21.6. The number of methoxy groups -OCH3 is 1. The van der Waals surface area contributed by atoms with Crippen molar-refractivity contribution >= 4 is 29.8 Å². The first kappa shape index (κ1) is 32.3. The second-order valence-electron chi connectivity index (χ2n) is 8.31. The van der Waals surface area contributed by atoms with E-state index < -0.39 is 49.4 Å². The molecule has 0 unspecified atom stereocenters. The molecule has 0 aliphatic heterocycles. The van der Waals surface area contributed by atoms with Crippen molar-refractivity contribution in [3.63, 3.8) is 0 Å². The van der Waals surface area contributed by atoms with Crippen LogP contribution in [0.2, 0.25) is 0 Å². The van der Waals surface area contributed by atoms with E-state index in [0.29, 0.717) is 5.75 Å². The van der Waals surface area contributed by atoms with Crippen molar-refractivity contribution < 1.29 is 48.8 Å². The van der Waals surface area contributed by atoms with E-state index in [2.05, 4.69) is 5.32 Å². The number of hydrogen-bond donors (Lipinski definition) is 4. The summed E-state index contributed by atoms with van der Waals surface area (Å²) in [6, 6.07) is 7.07. The summed E-state index contributed by atoms with van der Waals surface area (Å²) in [5, 5.41) is 30.4. The summed E-state index contributed by atoms with van der Waals surface area (Å²) in [7, 11) is 1.54. The highest BCUT2D eigenvalue weighted by Crippen LogP contribution is 2.10. The number of benzene rings is 1. The van der Waals surface area contributed by atoms with Crippen molar-refractivity contribution in [2.45, 2.75) is 13.5 Å². The zero-order valence-corrected chi connectivity index (χ0v) is 21.6. The first-order valence-electron chi connectivity index (χ1n) is 11.9. The smallest absolute Gasteiger partial charge is 0.320 e. The van der Waals surface area contributed by atoms with Crippen LogP contribution < -0.4 is 10.1 Å². The van der Waals surface area contributed by atoms with Crippen LogP contribution in [0.3, 0.4) is 0 Å². The number of hydrogen-bond acceptors (Lipinski definition) is 10. The number of aliphatic carboxylic acids is 3. The summed E-state index contributed by atoms with van der Waals surface area (Å²) < 4.78 is 9.94. The van der Waals surface area contributed by atoms with Crippen LogP contribution in [0.4, 0.5) is 0 Å². The Bertz CT molecular complexity index is 925. The van der Waals surface area contributed by atoms with Gasteiger partial charge in [-0.3, -0.25) is 38.7 Å². The van der Waals surface area contributed by atoms with Crippen LogP contribution >= 0.6 is 0 Å². The van der Waals surface area contributed by atoms with Gasteiger partial charge < -0.3 is 30.1 Å². The van der Waals surface area contributed by atoms with Gasteiger partial charge >= 0.3 is 23.9 Å². The van der Waals surface area contributed by atoms with Gasteiger partial charge in [-0.2, -0.15) is 0 Å². The fraction of sp³-hybridized carbons (Fsp3) is 0.542. The third-order valence-corrected chi connectivity index (χ3v) is 5.22. The molecule has 1 rings (SSSR count). The molecule has 0 bridgehead atoms. The molecule has 1 amide bonds. The van der Waals surface area contributed by atoms with Gasteiger partial charge in [0, 0.05) is 32.7 Å². The normalized spacial score (nSPS) is 11.0. The third-order valence-electron chi connectivity index (χ3n) is 5.22. The standard InChI is InChI=1S/C24H36N4O10/c1-3-38-24(36)17-28(16-23(34)35)11-9-26(14-21(30)31)8-10-27(15-22(32)33)13-20(29)25-12-18-4-6-19(37-2)7-5-18/h4-7H,3,8-17H2,1-2H3,(H,25,29)(H,30,31)(H,32,33)(H,34,35). The summed E-state index contributed by atoms with van der Waals surface area (Å²) in [5.74, 6) is -3.79. The number of carbonyl (C=O) groups excluding carboxylic acids is 2. The highest BCUT2D eigenvalue weighted by atomic mass is 16.5. The first-order valence-corrected chi connectivity index (χ1v) is 11.9. The van der Waals surface area contributed by atoms with E-state index in [4.69, 9.17) is 14.6 Å². The fourth-order valence-corrected chi connectivity index (χ4v) is 3.43. The Morgan fingerprint density at radius 3 is 1.68 bits per heavy atom. The number of ether oxygens (including phenoxy) is 2. The van der Waals surface area contributed by atoms with Gasteiger partial charge in [-0.15, -0.1) is 0 Å². The molecule has 0 atom stereocenters. The maximum absolute atomic E-state index is 12.4. The average Bonchev–Trinajstić information content (AvgIpc) is 2.83. The fourth-order valence-electron chi connectivity index (χ4n) is 3.43. The van der Waals surface area contributed by atoms with E-state index in [9.17, 15) is 34.2 Å². The number of nitrogens with one attached hydrogen (secondary N) is 1. The SMILES string of the molecule is CCOC(=O)CN(CCN(CCN(CC(=O)O)CC(=O)NCc1ccc(OC)cc1)CC(=O)O)CC(=O)O. The van der Waals surface area contributed by atoms with Gasteiger partial charge in [-0.05, 0) is 24.6 Å². The molecule has 0 spiro atoms. The molecule has 0 aromatic heterocycles. The minimum Gasteiger partial charge on any atom is -0.497 e. The van der Waals surface area contributed by atoms with Crippen molar-refractivity contribution in [3.05, 3.63) is 29.8 Å². The van der Waals surface area contributed by atoms with Crippen molar-refractivity contribution in [3.8, 4) is 5.75 Å². The van der Waals surface area contributed by atoms with Crippen LogP contribution in [0.5, 0.6) is 5.75 Å². The predicted molar refractivity (Wildman–Crippen MR) is 134 cm³/mol. The van der Waals surface area contributed by atoms with Crippen molar-refractivity contribution in [1.82, 2.24) is 20.0 Å². The molecule has 0 aliphatic rings. The van der Waals surface area contributed by atoms with Crippen LogP contribution in [0.1, 0.15) is 12.5 Å². The molecule has 0 radical (unpaired) electrons. The number of carbonyl (C=O) groups is 5. The summed E-state index contributed by atoms with van der Waals surface area (Å²) in [5.41, 5.74) is 0.824. The number of amides is 1. The zero-order chi connectivity index (χ0) is 28.5. The monoisotopic (exact) mass is 540 g/mol. The highest BCUT2D eigenvalue weighted by molar-refractivity contribution is 5.79. The maximum atomic E-state index is 12.4. The average molecular weight is 541 g/mol. The first-order chi connectivity index (χ1) is 18.0. The lowest BCUT2D eigenvalue weighted by atomic mass is 10.2. The number of esters is 1. The van der Waals surface area contributed by atoms with Gasteiger partial charge in [-0.25, -0.2) is 0 Å². The molecule has 0 aliphatic carbocycles. The summed E-state index contributed by atoms with van der Waals surface area (Å²) in [6.07, 6.45) is 0. The summed E-state index contributed by atoms with van der Waals surface area (Å²) >= 11 is 0. The van der Waals surface area contributed by atoms with E-state index in [1.807, 2.05) is 0 Å². The second kappa shape index (κ2) is 17.7. The Morgan fingerprint density at radius 2 is 1.21 bits per heavy atom. The number of carboxylic acids is 3. The number of rotatable bonds is 20. The molecule has 38 heavy (non-hydrogen) atoms. The quantitative estimate of drug-likeness (QED) is 0.148. The largest absolute Gasteiger partial charge is 0.497 e. The van der Waals surface area contributed by atoms with Crippen molar-refractivity contribution in [2.24, 2.45) is 0 Å². The Balaban J connectivity index is 2.72. The molecule has 14 nitrogen and oxygen atoms in total. The van der Waals surface area contributed by atoms with E-state index >= 15 is 0 Å². The number of carboxylic acid groups (broad SMARTS) is 3. The lowest BCUT2D eigenvalue weighted by Gasteiger charge is -2.27. The summed E-state index contributed by atoms with van der Waals surface area (Å²) in [6.45, 7) is 0.497. The minimum absolute atomic E-state index is 0.0552. The molecule has 212 valence electrons. The molecule has 0 saturated heterocycles. The van der Waals surface area contributed by atoms with Crippen molar-refractivity contribution in [1.29, 1.82) is 0 Å². The Labute approximate surface area is 220 Å². The molecular weight excluding hydrogens is 504 g/mol. The van der Waals surface area contributed by atoms with Crippen LogP contribution in [0, 0.1) is 0 Å². The van der Waals surface area contributed by atoms with Gasteiger partial charge in [0.25, 0.3) is 0 Å². The topological polar surface area (TPSA) is 186 Å². The van der Waals surface area contributed by atoms with Gasteiger partial charge in [-0.1, -0.05) is 12.1 Å². The van der Waals surface area contributed by atoms with Crippen LogP contribution in [-0.4, -0.2) is 132 Å². The molecule has 1 aromatic carbocycles. The molecule has 0 saturated carbocycles. The van der Waals surface area contributed by atoms with Crippen LogP contribution in [0.15, 0.2) is 24.3 Å². The highest BCUT2D eigenvalue weighted by Gasteiger charge is 2.20.